The van der Waals surface area contributed by atoms with Crippen LogP contribution in [0.1, 0.15) is 36.0 Å². The van der Waals surface area contributed by atoms with Crippen LogP contribution in [-0.2, 0) is 4.79 Å². The van der Waals surface area contributed by atoms with E-state index in [4.69, 9.17) is 5.73 Å². The number of aldehydes is 1. The molecule has 0 saturated heterocycles. The highest BCUT2D eigenvalue weighted by Gasteiger charge is 2.34. The SMILES string of the molecule is NC1(NC(=O)c2ccncc2)CCCC(C=O)C1. The third-order valence-electron chi connectivity index (χ3n) is 3.32. The molecule has 0 radical (unpaired) electrons. The molecule has 2 unspecified atom stereocenters. The first-order chi connectivity index (χ1) is 8.63. The summed E-state index contributed by atoms with van der Waals surface area (Å²) in [5, 5.41) is 2.83. The number of carbonyl (C=O) groups is 2. The Morgan fingerprint density at radius 3 is 2.89 bits per heavy atom. The van der Waals surface area contributed by atoms with Crippen LogP contribution in [0.2, 0.25) is 0 Å². The van der Waals surface area contributed by atoms with Crippen molar-refractivity contribution in [1.29, 1.82) is 0 Å². The largest absolute Gasteiger partial charge is 0.334 e. The summed E-state index contributed by atoms with van der Waals surface area (Å²) in [6.07, 6.45) is 6.98. The van der Waals surface area contributed by atoms with Gasteiger partial charge < -0.3 is 15.8 Å². The van der Waals surface area contributed by atoms with Crippen LogP contribution < -0.4 is 11.1 Å². The van der Waals surface area contributed by atoms with Crippen LogP contribution in [0, 0.1) is 5.92 Å². The lowest BCUT2D eigenvalue weighted by atomic mass is 9.82. The van der Waals surface area contributed by atoms with Gasteiger partial charge in [-0.25, -0.2) is 0 Å². The van der Waals surface area contributed by atoms with Gasteiger partial charge in [-0.15, -0.1) is 0 Å². The number of rotatable bonds is 3. The normalized spacial score (nSPS) is 27.5. The van der Waals surface area contributed by atoms with E-state index in [-0.39, 0.29) is 11.8 Å². The molecule has 3 N–H and O–H groups in total. The van der Waals surface area contributed by atoms with Crippen molar-refractivity contribution < 1.29 is 9.59 Å². The van der Waals surface area contributed by atoms with Gasteiger partial charge in [0, 0.05) is 23.9 Å². The minimum absolute atomic E-state index is 0.0542. The van der Waals surface area contributed by atoms with Crippen molar-refractivity contribution >= 4 is 12.2 Å². The van der Waals surface area contributed by atoms with Gasteiger partial charge in [0.1, 0.15) is 6.29 Å². The molecule has 2 atom stereocenters. The highest BCUT2D eigenvalue weighted by Crippen LogP contribution is 2.27. The van der Waals surface area contributed by atoms with Gasteiger partial charge >= 0.3 is 0 Å². The number of amides is 1. The minimum atomic E-state index is -0.774. The third kappa shape index (κ3) is 2.92. The smallest absolute Gasteiger partial charge is 0.252 e. The topological polar surface area (TPSA) is 85.1 Å². The second kappa shape index (κ2) is 5.27. The molecule has 1 aromatic heterocycles. The van der Waals surface area contributed by atoms with Crippen LogP contribution in [0.5, 0.6) is 0 Å². The molecule has 1 aliphatic carbocycles. The van der Waals surface area contributed by atoms with E-state index < -0.39 is 5.66 Å². The van der Waals surface area contributed by atoms with Gasteiger partial charge in [-0.2, -0.15) is 0 Å². The minimum Gasteiger partial charge on any atom is -0.334 e. The fourth-order valence-electron chi connectivity index (χ4n) is 2.38. The Kier molecular flexibility index (Phi) is 3.72. The summed E-state index contributed by atoms with van der Waals surface area (Å²) in [7, 11) is 0. The highest BCUT2D eigenvalue weighted by molar-refractivity contribution is 5.94. The first-order valence-electron chi connectivity index (χ1n) is 6.10. The molecule has 96 valence electrons. The molecule has 2 rings (SSSR count). The number of nitrogens with two attached hydrogens (primary N) is 1. The first-order valence-corrected chi connectivity index (χ1v) is 6.10. The van der Waals surface area contributed by atoms with E-state index in [1.165, 1.54) is 0 Å². The van der Waals surface area contributed by atoms with Gasteiger partial charge in [0.15, 0.2) is 0 Å². The molecule has 0 aromatic carbocycles. The van der Waals surface area contributed by atoms with E-state index in [2.05, 4.69) is 10.3 Å². The van der Waals surface area contributed by atoms with Crippen molar-refractivity contribution in [1.82, 2.24) is 10.3 Å². The van der Waals surface area contributed by atoms with Crippen LogP contribution >= 0.6 is 0 Å². The summed E-state index contributed by atoms with van der Waals surface area (Å²) < 4.78 is 0. The average molecular weight is 247 g/mol. The first kappa shape index (κ1) is 12.7. The maximum absolute atomic E-state index is 12.0. The standard InChI is InChI=1S/C13H17N3O2/c14-13(5-1-2-10(8-13)9-17)16-12(18)11-3-6-15-7-4-11/h3-4,6-7,9-10H,1-2,5,8,14H2,(H,16,18). The predicted molar refractivity (Wildman–Crippen MR) is 66.6 cm³/mol. The van der Waals surface area contributed by atoms with E-state index in [0.29, 0.717) is 18.4 Å². The van der Waals surface area contributed by atoms with Gasteiger partial charge in [-0.05, 0) is 37.8 Å². The molecule has 0 bridgehead atoms. The number of aromatic nitrogens is 1. The second-order valence-corrected chi connectivity index (χ2v) is 4.84. The van der Waals surface area contributed by atoms with E-state index in [9.17, 15) is 9.59 Å². The lowest BCUT2D eigenvalue weighted by Gasteiger charge is -2.36. The molecule has 5 heteroatoms. The Hall–Kier alpha value is -1.75. The predicted octanol–water partition coefficient (Wildman–Crippen LogP) is 0.855. The Bertz CT molecular complexity index is 435. The Morgan fingerprint density at radius 2 is 2.22 bits per heavy atom. The summed E-state index contributed by atoms with van der Waals surface area (Å²) in [6.45, 7) is 0. The fourth-order valence-corrected chi connectivity index (χ4v) is 2.38. The number of carbonyl (C=O) groups excluding carboxylic acids is 2. The van der Waals surface area contributed by atoms with Crippen LogP contribution in [0.4, 0.5) is 0 Å². The lowest BCUT2D eigenvalue weighted by Crippen LogP contribution is -2.58. The molecular weight excluding hydrogens is 230 g/mol. The van der Waals surface area contributed by atoms with Crippen molar-refractivity contribution in [2.45, 2.75) is 31.3 Å². The van der Waals surface area contributed by atoms with Crippen molar-refractivity contribution in [3.63, 3.8) is 0 Å². The Labute approximate surface area is 106 Å². The number of pyridine rings is 1. The van der Waals surface area contributed by atoms with Crippen LogP contribution in [0.25, 0.3) is 0 Å². The lowest BCUT2D eigenvalue weighted by molar-refractivity contribution is -0.112. The van der Waals surface area contributed by atoms with Gasteiger partial charge in [0.2, 0.25) is 0 Å². The zero-order valence-corrected chi connectivity index (χ0v) is 10.1. The molecule has 5 nitrogen and oxygen atoms in total. The third-order valence-corrected chi connectivity index (χ3v) is 3.32. The van der Waals surface area contributed by atoms with E-state index >= 15 is 0 Å². The van der Waals surface area contributed by atoms with Crippen molar-refractivity contribution in [3.05, 3.63) is 30.1 Å². The molecule has 1 fully saturated rings. The zero-order valence-electron chi connectivity index (χ0n) is 10.1. The molecular formula is C13H17N3O2. The summed E-state index contributed by atoms with van der Waals surface area (Å²) in [6, 6.07) is 3.28. The van der Waals surface area contributed by atoms with Gasteiger partial charge in [0.25, 0.3) is 5.91 Å². The van der Waals surface area contributed by atoms with Crippen molar-refractivity contribution in [3.8, 4) is 0 Å². The van der Waals surface area contributed by atoms with Crippen LogP contribution in [-0.4, -0.2) is 22.8 Å². The molecule has 0 spiro atoms. The molecule has 1 aliphatic rings. The molecule has 1 saturated carbocycles. The quantitative estimate of drug-likeness (QED) is 0.612. The number of hydrogen-bond acceptors (Lipinski definition) is 4. The number of hydrogen-bond donors (Lipinski definition) is 2. The monoisotopic (exact) mass is 247 g/mol. The molecule has 0 aliphatic heterocycles. The maximum atomic E-state index is 12.0. The molecule has 18 heavy (non-hydrogen) atoms. The molecule has 1 heterocycles. The van der Waals surface area contributed by atoms with Crippen molar-refractivity contribution in [2.24, 2.45) is 11.7 Å². The van der Waals surface area contributed by atoms with Gasteiger partial charge in [0.05, 0.1) is 5.66 Å². The van der Waals surface area contributed by atoms with Gasteiger partial charge in [-0.3, -0.25) is 9.78 Å². The molecule has 1 aromatic rings. The van der Waals surface area contributed by atoms with Crippen LogP contribution in [0.3, 0.4) is 0 Å². The van der Waals surface area contributed by atoms with E-state index in [0.717, 1.165) is 19.1 Å². The molecule has 1 amide bonds. The summed E-state index contributed by atoms with van der Waals surface area (Å²) in [4.78, 5) is 26.7. The highest BCUT2D eigenvalue weighted by atomic mass is 16.2. The Balaban J connectivity index is 2.04. The van der Waals surface area contributed by atoms with Crippen LogP contribution in [0.15, 0.2) is 24.5 Å². The Morgan fingerprint density at radius 1 is 1.50 bits per heavy atom. The van der Waals surface area contributed by atoms with E-state index in [1.54, 1.807) is 24.5 Å². The zero-order chi connectivity index (χ0) is 13.0. The average Bonchev–Trinajstić information content (AvgIpc) is 2.39. The number of nitrogens with one attached hydrogen (secondary N) is 1. The van der Waals surface area contributed by atoms with Crippen molar-refractivity contribution in [2.75, 3.05) is 0 Å². The summed E-state index contributed by atoms with van der Waals surface area (Å²) in [5.74, 6) is -0.270. The second-order valence-electron chi connectivity index (χ2n) is 4.84. The number of nitrogens with zero attached hydrogens (tertiary/aromatic N) is 1. The summed E-state index contributed by atoms with van der Waals surface area (Å²) >= 11 is 0. The van der Waals surface area contributed by atoms with E-state index in [1.807, 2.05) is 0 Å². The summed E-state index contributed by atoms with van der Waals surface area (Å²) in [5.41, 5.74) is 5.91. The van der Waals surface area contributed by atoms with Gasteiger partial charge in [-0.1, -0.05) is 0 Å². The maximum Gasteiger partial charge on any atom is 0.252 e. The fraction of sp³-hybridized carbons (Fsp3) is 0.462.